The van der Waals surface area contributed by atoms with Gasteiger partial charge in [0.25, 0.3) is 5.56 Å². The summed E-state index contributed by atoms with van der Waals surface area (Å²) in [7, 11) is 0. The molecule has 0 unspecified atom stereocenters. The van der Waals surface area contributed by atoms with Gasteiger partial charge < -0.3 is 9.47 Å². The van der Waals surface area contributed by atoms with Crippen molar-refractivity contribution in [2.45, 2.75) is 24.4 Å². The molecular weight excluding hydrogens is 314 g/mol. The van der Waals surface area contributed by atoms with Gasteiger partial charge in [0.1, 0.15) is 11.4 Å². The average molecular weight is 326 g/mol. The maximum absolute atomic E-state index is 11.5. The van der Waals surface area contributed by atoms with E-state index in [4.69, 9.17) is 21.1 Å². The fourth-order valence-corrected chi connectivity index (χ4v) is 2.96. The lowest BCUT2D eigenvalue weighted by Crippen LogP contribution is -2.14. The number of benzene rings is 1. The highest BCUT2D eigenvalue weighted by molar-refractivity contribution is 7.98. The van der Waals surface area contributed by atoms with E-state index in [0.29, 0.717) is 34.0 Å². The van der Waals surface area contributed by atoms with Crippen LogP contribution in [0, 0.1) is 6.92 Å². The second-order valence-electron chi connectivity index (χ2n) is 4.51. The Morgan fingerprint density at radius 1 is 1.43 bits per heavy atom. The Bertz CT molecular complexity index is 735. The Hall–Kier alpha value is -1.57. The smallest absolute Gasteiger partial charge is 0.273 e. The third-order valence-electron chi connectivity index (χ3n) is 2.94. The number of halogens is 1. The van der Waals surface area contributed by atoms with E-state index in [2.05, 4.69) is 15.2 Å². The van der Waals surface area contributed by atoms with Gasteiger partial charge >= 0.3 is 0 Å². The topological polar surface area (TPSA) is 77.1 Å². The van der Waals surface area contributed by atoms with E-state index < -0.39 is 0 Å². The fraction of sp³-hybridized carbons (Fsp3) is 0.308. The number of ether oxygens (including phenoxy) is 2. The van der Waals surface area contributed by atoms with Crippen LogP contribution in [0.2, 0.25) is 5.02 Å². The summed E-state index contributed by atoms with van der Waals surface area (Å²) in [6.07, 6.45) is 0. The third-order valence-corrected chi connectivity index (χ3v) is 4.16. The second kappa shape index (κ2) is 6.05. The van der Waals surface area contributed by atoms with E-state index in [0.717, 1.165) is 11.1 Å². The maximum atomic E-state index is 11.5. The molecule has 1 aromatic heterocycles. The van der Waals surface area contributed by atoms with E-state index in [1.165, 1.54) is 11.8 Å². The van der Waals surface area contributed by atoms with Crippen LogP contribution in [0.3, 0.4) is 0 Å². The highest BCUT2D eigenvalue weighted by Gasteiger charge is 2.15. The van der Waals surface area contributed by atoms with E-state index in [-0.39, 0.29) is 12.4 Å². The number of fused-ring (bicyclic) bond motifs is 1. The number of aryl methyl sites for hydroxylation is 1. The monoisotopic (exact) mass is 325 g/mol. The van der Waals surface area contributed by atoms with Crippen molar-refractivity contribution in [1.29, 1.82) is 0 Å². The third kappa shape index (κ3) is 3.20. The summed E-state index contributed by atoms with van der Waals surface area (Å²) in [6, 6.07) is 3.82. The zero-order chi connectivity index (χ0) is 14.8. The molecule has 110 valence electrons. The molecule has 2 heterocycles. The quantitative estimate of drug-likeness (QED) is 0.872. The molecule has 0 spiro atoms. The molecule has 6 nitrogen and oxygen atoms in total. The molecule has 0 amide bonds. The Labute approximate surface area is 129 Å². The number of rotatable bonds is 3. The SMILES string of the molecule is Cc1nnc(SCc2cc(Cl)c3c(c2)COCO3)[nH]c1=O. The second-order valence-corrected chi connectivity index (χ2v) is 5.88. The molecule has 1 aromatic carbocycles. The standard InChI is InChI=1S/C13H12ClN3O3S/c1-7-12(18)15-13(17-16-7)21-5-8-2-9-4-19-6-20-11(9)10(14)3-8/h2-3H,4-6H2,1H3,(H,15,17,18). The van der Waals surface area contributed by atoms with Crippen LogP contribution < -0.4 is 10.3 Å². The summed E-state index contributed by atoms with van der Waals surface area (Å²) >= 11 is 7.59. The highest BCUT2D eigenvalue weighted by Crippen LogP contribution is 2.34. The molecule has 0 saturated carbocycles. The average Bonchev–Trinajstić information content (AvgIpc) is 2.49. The first-order valence-electron chi connectivity index (χ1n) is 6.22. The number of nitrogens with zero attached hydrogens (tertiary/aromatic N) is 2. The van der Waals surface area contributed by atoms with Crippen LogP contribution in [0.5, 0.6) is 5.75 Å². The van der Waals surface area contributed by atoms with Crippen molar-refractivity contribution in [1.82, 2.24) is 15.2 Å². The van der Waals surface area contributed by atoms with Crippen molar-refractivity contribution in [3.05, 3.63) is 44.3 Å². The first-order chi connectivity index (χ1) is 10.1. The zero-order valence-electron chi connectivity index (χ0n) is 11.2. The first kappa shape index (κ1) is 14.4. The van der Waals surface area contributed by atoms with Crippen molar-refractivity contribution in [2.75, 3.05) is 6.79 Å². The van der Waals surface area contributed by atoms with Gasteiger partial charge in [-0.25, -0.2) is 0 Å². The van der Waals surface area contributed by atoms with Crippen LogP contribution in [0.25, 0.3) is 0 Å². The number of hydrogen-bond acceptors (Lipinski definition) is 6. The van der Waals surface area contributed by atoms with Gasteiger partial charge in [0, 0.05) is 11.3 Å². The number of aromatic amines is 1. The molecule has 0 fully saturated rings. The molecule has 0 saturated heterocycles. The van der Waals surface area contributed by atoms with E-state index >= 15 is 0 Å². The van der Waals surface area contributed by atoms with Crippen molar-refractivity contribution in [3.63, 3.8) is 0 Å². The normalized spacial score (nSPS) is 13.6. The molecule has 0 atom stereocenters. The molecule has 21 heavy (non-hydrogen) atoms. The van der Waals surface area contributed by atoms with Crippen molar-refractivity contribution in [2.24, 2.45) is 0 Å². The summed E-state index contributed by atoms with van der Waals surface area (Å²) in [4.78, 5) is 14.1. The summed E-state index contributed by atoms with van der Waals surface area (Å²) in [6.45, 7) is 2.32. The molecule has 1 aliphatic rings. The van der Waals surface area contributed by atoms with Crippen LogP contribution >= 0.6 is 23.4 Å². The van der Waals surface area contributed by atoms with E-state index in [1.54, 1.807) is 6.92 Å². The predicted molar refractivity (Wildman–Crippen MR) is 78.7 cm³/mol. The van der Waals surface area contributed by atoms with Gasteiger partial charge in [0.15, 0.2) is 11.9 Å². The van der Waals surface area contributed by atoms with E-state index in [9.17, 15) is 4.79 Å². The summed E-state index contributed by atoms with van der Waals surface area (Å²) in [5.74, 6) is 1.29. The Morgan fingerprint density at radius 2 is 2.29 bits per heavy atom. The number of hydrogen-bond donors (Lipinski definition) is 1. The van der Waals surface area contributed by atoms with Gasteiger partial charge in [-0.3, -0.25) is 9.78 Å². The van der Waals surface area contributed by atoms with Crippen LogP contribution in [0.4, 0.5) is 0 Å². The molecule has 0 aliphatic carbocycles. The van der Waals surface area contributed by atoms with Gasteiger partial charge in [-0.05, 0) is 24.6 Å². The zero-order valence-corrected chi connectivity index (χ0v) is 12.8. The van der Waals surface area contributed by atoms with Crippen LogP contribution in [-0.2, 0) is 17.1 Å². The number of thioether (sulfide) groups is 1. The number of H-pyrrole nitrogens is 1. The summed E-state index contributed by atoms with van der Waals surface area (Å²) in [5, 5.41) is 8.78. The molecule has 3 rings (SSSR count). The number of nitrogens with one attached hydrogen (secondary N) is 1. The van der Waals surface area contributed by atoms with Crippen molar-refractivity contribution < 1.29 is 9.47 Å². The van der Waals surface area contributed by atoms with Gasteiger partial charge in [-0.1, -0.05) is 23.4 Å². The van der Waals surface area contributed by atoms with Crippen LogP contribution in [0.15, 0.2) is 22.1 Å². The Morgan fingerprint density at radius 3 is 3.10 bits per heavy atom. The minimum Gasteiger partial charge on any atom is -0.466 e. The van der Waals surface area contributed by atoms with Gasteiger partial charge in [-0.15, -0.1) is 10.2 Å². The van der Waals surface area contributed by atoms with E-state index in [1.807, 2.05) is 12.1 Å². The van der Waals surface area contributed by atoms with Gasteiger partial charge in [-0.2, -0.15) is 0 Å². The molecule has 0 bridgehead atoms. The van der Waals surface area contributed by atoms with Crippen LogP contribution in [-0.4, -0.2) is 22.0 Å². The number of aromatic nitrogens is 3. The van der Waals surface area contributed by atoms with Gasteiger partial charge in [0.2, 0.25) is 0 Å². The molecular formula is C13H12ClN3O3S. The molecule has 8 heteroatoms. The Kier molecular flexibility index (Phi) is 4.14. The highest BCUT2D eigenvalue weighted by atomic mass is 35.5. The van der Waals surface area contributed by atoms with Crippen molar-refractivity contribution >= 4 is 23.4 Å². The predicted octanol–water partition coefficient (Wildman–Crippen LogP) is 2.29. The minimum absolute atomic E-state index is 0.223. The fourth-order valence-electron chi connectivity index (χ4n) is 1.91. The lowest BCUT2D eigenvalue weighted by atomic mass is 10.1. The van der Waals surface area contributed by atoms with Gasteiger partial charge in [0.05, 0.1) is 11.6 Å². The summed E-state index contributed by atoms with van der Waals surface area (Å²) < 4.78 is 10.6. The lowest BCUT2D eigenvalue weighted by molar-refractivity contribution is -0.0163. The summed E-state index contributed by atoms with van der Waals surface area (Å²) in [5.41, 5.74) is 2.05. The molecule has 1 aliphatic heterocycles. The minimum atomic E-state index is -0.224. The van der Waals surface area contributed by atoms with Crippen LogP contribution in [0.1, 0.15) is 16.8 Å². The largest absolute Gasteiger partial charge is 0.466 e. The molecule has 1 N–H and O–H groups in total. The molecule has 0 radical (unpaired) electrons. The molecule has 2 aromatic rings. The lowest BCUT2D eigenvalue weighted by Gasteiger charge is -2.19. The van der Waals surface area contributed by atoms with Crippen molar-refractivity contribution in [3.8, 4) is 5.75 Å². The Balaban J connectivity index is 1.77. The maximum Gasteiger partial charge on any atom is 0.273 e. The first-order valence-corrected chi connectivity index (χ1v) is 7.58.